The number of rotatable bonds is 4. The number of benzene rings is 3. The van der Waals surface area contributed by atoms with Gasteiger partial charge in [0.1, 0.15) is 23.8 Å². The Morgan fingerprint density at radius 3 is 2.58 bits per heavy atom. The molecule has 0 saturated carbocycles. The summed E-state index contributed by atoms with van der Waals surface area (Å²) in [5.74, 6) is 3.01. The van der Waals surface area contributed by atoms with Gasteiger partial charge in [-0.05, 0) is 53.1 Å². The lowest BCUT2D eigenvalue weighted by Gasteiger charge is -2.29. The summed E-state index contributed by atoms with van der Waals surface area (Å²) >= 11 is 0. The van der Waals surface area contributed by atoms with Crippen LogP contribution in [0.15, 0.2) is 69.9 Å². The Bertz CT molecular complexity index is 1410. The Kier molecular flexibility index (Phi) is 4.69. The van der Waals surface area contributed by atoms with Crippen molar-refractivity contribution in [2.75, 3.05) is 20.6 Å². The molecule has 2 aliphatic rings. The molecular weight excluding hydrogens is 422 g/mol. The first-order valence-corrected chi connectivity index (χ1v) is 10.7. The molecule has 166 valence electrons. The summed E-state index contributed by atoms with van der Waals surface area (Å²) in [7, 11) is 1.63. The van der Waals surface area contributed by atoms with Crippen molar-refractivity contribution in [3.8, 4) is 34.1 Å². The van der Waals surface area contributed by atoms with Gasteiger partial charge in [0.15, 0.2) is 11.5 Å². The molecule has 3 heterocycles. The highest BCUT2D eigenvalue weighted by molar-refractivity contribution is 5.95. The third-order valence-electron chi connectivity index (χ3n) is 6.00. The van der Waals surface area contributed by atoms with Crippen LogP contribution in [-0.4, -0.2) is 25.5 Å². The van der Waals surface area contributed by atoms with Gasteiger partial charge in [0.25, 0.3) is 0 Å². The molecule has 1 aromatic heterocycles. The first-order valence-electron chi connectivity index (χ1n) is 10.7. The fourth-order valence-electron chi connectivity index (χ4n) is 4.39. The maximum absolute atomic E-state index is 12.5. The molecule has 2 aliphatic heterocycles. The van der Waals surface area contributed by atoms with Crippen LogP contribution < -0.4 is 24.6 Å². The fraction of sp³-hybridized carbons (Fsp3) is 0.192. The molecule has 4 aromatic rings. The zero-order valence-electron chi connectivity index (χ0n) is 18.0. The molecule has 7 nitrogen and oxygen atoms in total. The van der Waals surface area contributed by atoms with Gasteiger partial charge in [0.05, 0.1) is 12.7 Å². The molecule has 0 aliphatic carbocycles. The number of methoxy groups -OCH3 is 1. The van der Waals surface area contributed by atoms with Gasteiger partial charge in [-0.15, -0.1) is 0 Å². The van der Waals surface area contributed by atoms with Gasteiger partial charge < -0.3 is 23.4 Å². The van der Waals surface area contributed by atoms with E-state index in [0.717, 1.165) is 50.6 Å². The Labute approximate surface area is 189 Å². The molecule has 0 amide bonds. The normalized spacial score (nSPS) is 14.7. The standard InChI is InChI=1S/C26H21NO6/c1-29-18-5-3-17(4-6-18)20-11-25(28)33-26-19(20)7-9-22-21(26)13-27(14-30-22)12-16-2-8-23-24(10-16)32-15-31-23/h2-11H,12-15H2,1H3. The van der Waals surface area contributed by atoms with E-state index in [9.17, 15) is 4.79 Å². The summed E-state index contributed by atoms with van der Waals surface area (Å²) in [5, 5.41) is 0.868. The lowest BCUT2D eigenvalue weighted by molar-refractivity contribution is 0.0889. The maximum Gasteiger partial charge on any atom is 0.336 e. The van der Waals surface area contributed by atoms with Crippen molar-refractivity contribution in [3.63, 3.8) is 0 Å². The highest BCUT2D eigenvalue weighted by Gasteiger charge is 2.24. The third kappa shape index (κ3) is 3.56. The van der Waals surface area contributed by atoms with Gasteiger partial charge in [-0.3, -0.25) is 4.90 Å². The molecule has 0 unspecified atom stereocenters. The highest BCUT2D eigenvalue weighted by atomic mass is 16.7. The molecule has 0 saturated heterocycles. The minimum atomic E-state index is -0.394. The summed E-state index contributed by atoms with van der Waals surface area (Å²) < 4.78 is 27.9. The summed E-state index contributed by atoms with van der Waals surface area (Å²) in [4.78, 5) is 14.6. The summed E-state index contributed by atoms with van der Waals surface area (Å²) in [6.07, 6.45) is 0. The molecule has 3 aromatic carbocycles. The topological polar surface area (TPSA) is 70.4 Å². The van der Waals surface area contributed by atoms with E-state index in [0.29, 0.717) is 25.4 Å². The van der Waals surface area contributed by atoms with Gasteiger partial charge in [0, 0.05) is 24.5 Å². The molecule has 0 radical (unpaired) electrons. The van der Waals surface area contributed by atoms with Crippen LogP contribution in [0.5, 0.6) is 23.0 Å². The van der Waals surface area contributed by atoms with Gasteiger partial charge in [0.2, 0.25) is 6.79 Å². The summed E-state index contributed by atoms with van der Waals surface area (Å²) in [6, 6.07) is 19.0. The van der Waals surface area contributed by atoms with E-state index in [1.165, 1.54) is 6.07 Å². The van der Waals surface area contributed by atoms with Crippen LogP contribution in [0.25, 0.3) is 22.1 Å². The SMILES string of the molecule is COc1ccc(-c2cc(=O)oc3c4c(ccc23)OCN(Cc2ccc3c(c2)OCO3)C4)cc1. The van der Waals surface area contributed by atoms with Gasteiger partial charge >= 0.3 is 5.63 Å². The summed E-state index contributed by atoms with van der Waals surface area (Å²) in [6.45, 7) is 1.95. The highest BCUT2D eigenvalue weighted by Crippen LogP contribution is 2.37. The van der Waals surface area contributed by atoms with Crippen LogP contribution in [0.4, 0.5) is 0 Å². The molecule has 0 atom stereocenters. The van der Waals surface area contributed by atoms with Crippen molar-refractivity contribution in [1.82, 2.24) is 4.90 Å². The van der Waals surface area contributed by atoms with E-state index < -0.39 is 5.63 Å². The predicted molar refractivity (Wildman–Crippen MR) is 122 cm³/mol. The minimum absolute atomic E-state index is 0.251. The smallest absolute Gasteiger partial charge is 0.336 e. The first kappa shape index (κ1) is 19.7. The third-order valence-corrected chi connectivity index (χ3v) is 6.00. The van der Waals surface area contributed by atoms with Crippen LogP contribution >= 0.6 is 0 Å². The monoisotopic (exact) mass is 443 g/mol. The van der Waals surface area contributed by atoms with Crippen molar-refractivity contribution in [3.05, 3.63) is 82.2 Å². The summed E-state index contributed by atoms with van der Waals surface area (Å²) in [5.41, 5.74) is 3.86. The maximum atomic E-state index is 12.5. The second kappa shape index (κ2) is 7.86. The Morgan fingerprint density at radius 1 is 0.909 bits per heavy atom. The van der Waals surface area contributed by atoms with Gasteiger partial charge in [-0.25, -0.2) is 4.79 Å². The minimum Gasteiger partial charge on any atom is -0.497 e. The molecule has 33 heavy (non-hydrogen) atoms. The molecule has 7 heteroatoms. The molecule has 0 spiro atoms. The number of hydrogen-bond acceptors (Lipinski definition) is 7. The van der Waals surface area contributed by atoms with Crippen LogP contribution in [0.1, 0.15) is 11.1 Å². The first-order chi connectivity index (χ1) is 16.2. The van der Waals surface area contributed by atoms with Crippen molar-refractivity contribution in [2.24, 2.45) is 0 Å². The molecule has 0 N–H and O–H groups in total. The van der Waals surface area contributed by atoms with E-state index in [1.54, 1.807) is 7.11 Å². The molecule has 0 bridgehead atoms. The predicted octanol–water partition coefficient (Wildman–Crippen LogP) is 4.55. The van der Waals surface area contributed by atoms with E-state index in [2.05, 4.69) is 4.90 Å². The molecule has 0 fully saturated rings. The number of nitrogens with zero attached hydrogens (tertiary/aromatic N) is 1. The largest absolute Gasteiger partial charge is 0.497 e. The van der Waals surface area contributed by atoms with Crippen molar-refractivity contribution >= 4 is 11.0 Å². The second-order valence-electron chi connectivity index (χ2n) is 8.07. The van der Waals surface area contributed by atoms with Crippen LogP contribution in [0.3, 0.4) is 0 Å². The quantitative estimate of drug-likeness (QED) is 0.429. The van der Waals surface area contributed by atoms with E-state index in [-0.39, 0.29) is 6.79 Å². The average Bonchev–Trinajstić information content (AvgIpc) is 3.31. The zero-order chi connectivity index (χ0) is 22.4. The van der Waals surface area contributed by atoms with Crippen molar-refractivity contribution < 1.29 is 23.4 Å². The van der Waals surface area contributed by atoms with Crippen molar-refractivity contribution in [1.29, 1.82) is 0 Å². The van der Waals surface area contributed by atoms with Gasteiger partial charge in [-0.2, -0.15) is 0 Å². The fourth-order valence-corrected chi connectivity index (χ4v) is 4.39. The van der Waals surface area contributed by atoms with Gasteiger partial charge in [-0.1, -0.05) is 18.2 Å². The van der Waals surface area contributed by atoms with Crippen LogP contribution in [-0.2, 0) is 13.1 Å². The lowest BCUT2D eigenvalue weighted by atomic mass is 9.99. The second-order valence-corrected chi connectivity index (χ2v) is 8.07. The zero-order valence-corrected chi connectivity index (χ0v) is 18.0. The number of hydrogen-bond donors (Lipinski definition) is 0. The average molecular weight is 443 g/mol. The number of ether oxygens (including phenoxy) is 4. The molecular formula is C26H21NO6. The lowest BCUT2D eigenvalue weighted by Crippen LogP contribution is -2.31. The Morgan fingerprint density at radius 2 is 1.73 bits per heavy atom. The van der Waals surface area contributed by atoms with Crippen molar-refractivity contribution in [2.45, 2.75) is 13.1 Å². The van der Waals surface area contributed by atoms with E-state index in [1.807, 2.05) is 54.6 Å². The Balaban J connectivity index is 1.36. The van der Waals surface area contributed by atoms with E-state index in [4.69, 9.17) is 23.4 Å². The van der Waals surface area contributed by atoms with Crippen LogP contribution in [0, 0.1) is 0 Å². The molecule has 6 rings (SSSR count). The van der Waals surface area contributed by atoms with Crippen LogP contribution in [0.2, 0.25) is 0 Å². The Hall–Kier alpha value is -3.97. The van der Waals surface area contributed by atoms with E-state index >= 15 is 0 Å². The number of fused-ring (bicyclic) bond motifs is 4.